The second-order valence-corrected chi connectivity index (χ2v) is 9.02. The molecule has 0 atom stereocenters. The predicted molar refractivity (Wildman–Crippen MR) is 118 cm³/mol. The van der Waals surface area contributed by atoms with Gasteiger partial charge < -0.3 is 5.32 Å². The first-order valence-corrected chi connectivity index (χ1v) is 10.9. The van der Waals surface area contributed by atoms with E-state index in [2.05, 4.69) is 10.0 Å². The lowest BCUT2D eigenvalue weighted by Crippen LogP contribution is -2.15. The number of nitrogens with one attached hydrogen (secondary N) is 2. The van der Waals surface area contributed by atoms with Crippen LogP contribution >= 0.6 is 23.2 Å². The zero-order chi connectivity index (χ0) is 21.2. The molecule has 1 amide bonds. The maximum atomic E-state index is 12.6. The molecule has 29 heavy (non-hydrogen) atoms. The highest BCUT2D eigenvalue weighted by Crippen LogP contribution is 2.27. The summed E-state index contributed by atoms with van der Waals surface area (Å²) in [6.45, 7) is 3.86. The van der Waals surface area contributed by atoms with Crippen molar-refractivity contribution in [1.82, 2.24) is 0 Å². The molecule has 2 N–H and O–H groups in total. The van der Waals surface area contributed by atoms with E-state index in [0.717, 1.165) is 16.8 Å². The van der Waals surface area contributed by atoms with E-state index in [9.17, 15) is 13.2 Å². The average Bonchev–Trinajstić information content (AvgIpc) is 2.66. The van der Waals surface area contributed by atoms with Crippen LogP contribution < -0.4 is 10.0 Å². The summed E-state index contributed by atoms with van der Waals surface area (Å²) in [6.07, 6.45) is 0. The van der Waals surface area contributed by atoms with E-state index >= 15 is 0 Å². The minimum atomic E-state index is -3.93. The molecule has 0 heterocycles. The number of halogens is 2. The van der Waals surface area contributed by atoms with E-state index in [0.29, 0.717) is 11.3 Å². The van der Waals surface area contributed by atoms with Crippen molar-refractivity contribution in [2.24, 2.45) is 0 Å². The van der Waals surface area contributed by atoms with Gasteiger partial charge in [-0.1, -0.05) is 35.3 Å². The molecule has 8 heteroatoms. The van der Waals surface area contributed by atoms with Crippen molar-refractivity contribution in [3.05, 3.63) is 87.4 Å². The van der Waals surface area contributed by atoms with Gasteiger partial charge in [-0.15, -0.1) is 0 Å². The highest BCUT2D eigenvalue weighted by atomic mass is 35.5. The van der Waals surface area contributed by atoms with Crippen LogP contribution in [0.25, 0.3) is 0 Å². The first-order chi connectivity index (χ1) is 13.7. The molecule has 0 saturated heterocycles. The molecule has 3 aromatic carbocycles. The zero-order valence-electron chi connectivity index (χ0n) is 15.7. The Morgan fingerprint density at radius 3 is 2.28 bits per heavy atom. The quantitative estimate of drug-likeness (QED) is 0.528. The number of carbonyl (C=O) groups is 1. The third-order valence-corrected chi connectivity index (χ3v) is 6.32. The third-order valence-electron chi connectivity index (χ3n) is 4.22. The van der Waals surface area contributed by atoms with Crippen LogP contribution in [0.5, 0.6) is 0 Å². The highest BCUT2D eigenvalue weighted by molar-refractivity contribution is 7.92. The maximum Gasteiger partial charge on any atom is 0.263 e. The lowest BCUT2D eigenvalue weighted by molar-refractivity contribution is 0.102. The number of carbonyl (C=O) groups excluding carboxylic acids is 1. The molecule has 0 unspecified atom stereocenters. The number of aryl methyl sites for hydroxylation is 2. The molecule has 0 bridgehead atoms. The number of amides is 1. The predicted octanol–water partition coefficient (Wildman–Crippen LogP) is 5.66. The van der Waals surface area contributed by atoms with Crippen molar-refractivity contribution in [3.63, 3.8) is 0 Å². The molecule has 0 radical (unpaired) electrons. The number of benzene rings is 3. The second kappa shape index (κ2) is 8.45. The molecule has 0 saturated carbocycles. The summed E-state index contributed by atoms with van der Waals surface area (Å²) in [6, 6.07) is 16.1. The second-order valence-electron chi connectivity index (χ2n) is 6.53. The molecule has 3 rings (SSSR count). The van der Waals surface area contributed by atoms with Gasteiger partial charge in [0.05, 0.1) is 5.02 Å². The van der Waals surface area contributed by atoms with Crippen molar-refractivity contribution in [3.8, 4) is 0 Å². The molecule has 0 aliphatic heterocycles. The van der Waals surface area contributed by atoms with Gasteiger partial charge in [-0.05, 0) is 73.5 Å². The lowest BCUT2D eigenvalue weighted by Gasteiger charge is -2.11. The summed E-state index contributed by atoms with van der Waals surface area (Å²) in [5.74, 6) is -0.286. The monoisotopic (exact) mass is 448 g/mol. The fraction of sp³-hybridized carbons (Fsp3) is 0.0952. The number of sulfonamides is 1. The third kappa shape index (κ3) is 5.09. The Morgan fingerprint density at radius 2 is 1.59 bits per heavy atom. The van der Waals surface area contributed by atoms with Crippen LogP contribution in [-0.2, 0) is 10.0 Å². The van der Waals surface area contributed by atoms with E-state index in [4.69, 9.17) is 23.2 Å². The molecule has 0 aliphatic carbocycles. The zero-order valence-corrected chi connectivity index (χ0v) is 18.0. The molecule has 150 valence electrons. The molecular weight excluding hydrogens is 431 g/mol. The molecule has 0 spiro atoms. The van der Waals surface area contributed by atoms with Gasteiger partial charge >= 0.3 is 0 Å². The van der Waals surface area contributed by atoms with E-state index < -0.39 is 10.0 Å². The van der Waals surface area contributed by atoms with Crippen LogP contribution in [0, 0.1) is 13.8 Å². The molecule has 0 fully saturated rings. The smallest absolute Gasteiger partial charge is 0.263 e. The lowest BCUT2D eigenvalue weighted by atomic mass is 10.1. The van der Waals surface area contributed by atoms with Gasteiger partial charge in [-0.25, -0.2) is 8.42 Å². The summed E-state index contributed by atoms with van der Waals surface area (Å²) < 4.78 is 27.6. The molecule has 0 aromatic heterocycles. The van der Waals surface area contributed by atoms with Crippen molar-refractivity contribution in [2.75, 3.05) is 10.0 Å². The molecule has 5 nitrogen and oxygen atoms in total. The van der Waals surface area contributed by atoms with Crippen molar-refractivity contribution >= 4 is 50.5 Å². The van der Waals surface area contributed by atoms with E-state index in [-0.39, 0.29) is 20.8 Å². The van der Waals surface area contributed by atoms with Crippen LogP contribution in [0.4, 0.5) is 11.4 Å². The topological polar surface area (TPSA) is 75.3 Å². The number of hydrogen-bond acceptors (Lipinski definition) is 3. The molecule has 3 aromatic rings. The van der Waals surface area contributed by atoms with Gasteiger partial charge in [0.15, 0.2) is 0 Å². The Balaban J connectivity index is 1.77. The van der Waals surface area contributed by atoms with Crippen LogP contribution in [0.1, 0.15) is 21.5 Å². The Morgan fingerprint density at radius 1 is 0.897 bits per heavy atom. The van der Waals surface area contributed by atoms with Crippen LogP contribution in [0.15, 0.2) is 65.6 Å². The SMILES string of the molecule is Cc1ccc(C)c(NC(=O)c2ccc(NS(=O)(=O)c3cc(Cl)ccc3Cl)cc2)c1. The van der Waals surface area contributed by atoms with E-state index in [1.165, 1.54) is 42.5 Å². The largest absolute Gasteiger partial charge is 0.322 e. The summed E-state index contributed by atoms with van der Waals surface area (Å²) in [5.41, 5.74) is 3.41. The van der Waals surface area contributed by atoms with Crippen molar-refractivity contribution in [1.29, 1.82) is 0 Å². The Kier molecular flexibility index (Phi) is 6.17. The minimum absolute atomic E-state index is 0.0615. The summed E-state index contributed by atoms with van der Waals surface area (Å²) in [7, 11) is -3.93. The van der Waals surface area contributed by atoms with Gasteiger partial charge in [0.1, 0.15) is 4.90 Å². The minimum Gasteiger partial charge on any atom is -0.322 e. The van der Waals surface area contributed by atoms with Gasteiger partial charge in [0.25, 0.3) is 15.9 Å². The van der Waals surface area contributed by atoms with Gasteiger partial charge in [0, 0.05) is 22.0 Å². The summed E-state index contributed by atoms with van der Waals surface area (Å²) >= 11 is 11.9. The number of hydrogen-bond donors (Lipinski definition) is 2. The fourth-order valence-electron chi connectivity index (χ4n) is 2.65. The Labute approximate surface area is 179 Å². The van der Waals surface area contributed by atoms with Gasteiger partial charge in [-0.2, -0.15) is 0 Å². The van der Waals surface area contributed by atoms with Crippen molar-refractivity contribution in [2.45, 2.75) is 18.7 Å². The first kappa shape index (κ1) is 21.2. The van der Waals surface area contributed by atoms with Crippen LogP contribution in [-0.4, -0.2) is 14.3 Å². The number of rotatable bonds is 5. The maximum absolute atomic E-state index is 12.6. The fourth-order valence-corrected chi connectivity index (χ4v) is 4.47. The van der Waals surface area contributed by atoms with Crippen LogP contribution in [0.3, 0.4) is 0 Å². The van der Waals surface area contributed by atoms with Gasteiger partial charge in [-0.3, -0.25) is 9.52 Å². The Hall–Kier alpha value is -2.54. The molecular formula is C21H18Cl2N2O3S. The number of anilines is 2. The normalized spacial score (nSPS) is 11.2. The average molecular weight is 449 g/mol. The highest BCUT2D eigenvalue weighted by Gasteiger charge is 2.19. The Bertz CT molecular complexity index is 1180. The van der Waals surface area contributed by atoms with Gasteiger partial charge in [0.2, 0.25) is 0 Å². The first-order valence-electron chi connectivity index (χ1n) is 8.62. The summed E-state index contributed by atoms with van der Waals surface area (Å²) in [5, 5.41) is 3.18. The van der Waals surface area contributed by atoms with Crippen molar-refractivity contribution < 1.29 is 13.2 Å². The molecule has 0 aliphatic rings. The summed E-state index contributed by atoms with van der Waals surface area (Å²) in [4.78, 5) is 12.4. The van der Waals surface area contributed by atoms with Crippen LogP contribution in [0.2, 0.25) is 10.0 Å². The van der Waals surface area contributed by atoms with E-state index in [1.54, 1.807) is 0 Å². The standard InChI is InChI=1S/C21H18Cl2N2O3S/c1-13-3-4-14(2)19(11-13)24-21(26)15-5-8-17(9-6-15)25-29(27,28)20-12-16(22)7-10-18(20)23/h3-12,25H,1-2H3,(H,24,26). The van der Waals surface area contributed by atoms with E-state index in [1.807, 2.05) is 32.0 Å².